The molecule has 6 nitrogen and oxygen atoms in total. The second kappa shape index (κ2) is 5.45. The summed E-state index contributed by atoms with van der Waals surface area (Å²) >= 11 is 0. The fourth-order valence-electron chi connectivity index (χ4n) is 1.86. The Morgan fingerprint density at radius 1 is 1.28 bits per heavy atom. The van der Waals surface area contributed by atoms with E-state index in [0.717, 1.165) is 0 Å². The van der Waals surface area contributed by atoms with Gasteiger partial charge in [-0.2, -0.15) is 0 Å². The van der Waals surface area contributed by atoms with Crippen molar-refractivity contribution in [3.8, 4) is 0 Å². The molecule has 0 radical (unpaired) electrons. The number of carbonyl (C=O) groups excluding carboxylic acids is 1. The number of amides is 1. The molecule has 1 aromatic rings. The lowest BCUT2D eigenvalue weighted by molar-refractivity contribution is -0.132. The van der Waals surface area contributed by atoms with Crippen molar-refractivity contribution in [1.82, 2.24) is 0 Å². The molecular formula is C12H15NO5. The van der Waals surface area contributed by atoms with Crippen molar-refractivity contribution in [1.29, 1.82) is 0 Å². The first kappa shape index (κ1) is 13.0. The molecule has 1 aliphatic heterocycles. The first-order valence-corrected chi connectivity index (χ1v) is 5.58. The number of aliphatic hydroxyl groups excluding tert-OH is 2. The lowest BCUT2D eigenvalue weighted by Crippen LogP contribution is -2.34. The predicted octanol–water partition coefficient (Wildman–Crippen LogP) is -0.388. The molecule has 4 N–H and O–H groups in total. The number of hydrogen-bond acceptors (Lipinski definition) is 5. The van der Waals surface area contributed by atoms with E-state index in [1.54, 1.807) is 24.3 Å². The molecule has 1 aliphatic rings. The minimum atomic E-state index is -1.66. The van der Waals surface area contributed by atoms with E-state index in [-0.39, 0.29) is 0 Å². The number of aliphatic hydroxyl groups is 2. The summed E-state index contributed by atoms with van der Waals surface area (Å²) in [6, 6.07) is 6.75. The van der Waals surface area contributed by atoms with Gasteiger partial charge in [-0.15, -0.1) is 0 Å². The SMILES string of the molecule is NC(=O)C(O)C(O)c1ccccc1C1OCCO1. The smallest absolute Gasteiger partial charge is 0.249 e. The second-order valence-corrected chi connectivity index (χ2v) is 3.99. The highest BCUT2D eigenvalue weighted by Crippen LogP contribution is 2.30. The first-order valence-electron chi connectivity index (χ1n) is 5.58. The number of benzene rings is 1. The van der Waals surface area contributed by atoms with Crippen LogP contribution >= 0.6 is 0 Å². The number of rotatable bonds is 4. The van der Waals surface area contributed by atoms with Crippen molar-refractivity contribution in [3.63, 3.8) is 0 Å². The maximum absolute atomic E-state index is 10.9. The van der Waals surface area contributed by atoms with Gasteiger partial charge < -0.3 is 25.4 Å². The van der Waals surface area contributed by atoms with Gasteiger partial charge in [-0.05, 0) is 5.56 Å². The lowest BCUT2D eigenvalue weighted by Gasteiger charge is -2.20. The van der Waals surface area contributed by atoms with Crippen LogP contribution in [-0.4, -0.2) is 35.4 Å². The maximum atomic E-state index is 10.9. The van der Waals surface area contributed by atoms with Crippen LogP contribution in [0.1, 0.15) is 23.5 Å². The van der Waals surface area contributed by atoms with Crippen molar-refractivity contribution in [3.05, 3.63) is 35.4 Å². The van der Waals surface area contributed by atoms with Crippen LogP contribution in [0.3, 0.4) is 0 Å². The minimum absolute atomic E-state index is 0.371. The molecule has 98 valence electrons. The second-order valence-electron chi connectivity index (χ2n) is 3.99. The van der Waals surface area contributed by atoms with Gasteiger partial charge in [0.2, 0.25) is 5.91 Å². The quantitative estimate of drug-likeness (QED) is 0.678. The molecule has 1 saturated heterocycles. The zero-order chi connectivity index (χ0) is 13.1. The van der Waals surface area contributed by atoms with Gasteiger partial charge in [0.05, 0.1) is 13.2 Å². The van der Waals surface area contributed by atoms with Crippen LogP contribution in [0.15, 0.2) is 24.3 Å². The van der Waals surface area contributed by atoms with Gasteiger partial charge in [0, 0.05) is 5.56 Å². The molecule has 18 heavy (non-hydrogen) atoms. The Labute approximate surface area is 104 Å². The molecular weight excluding hydrogens is 238 g/mol. The summed E-state index contributed by atoms with van der Waals surface area (Å²) in [6.45, 7) is 0.931. The molecule has 1 fully saturated rings. The summed E-state index contributed by atoms with van der Waals surface area (Å²) in [5, 5.41) is 19.4. The molecule has 2 unspecified atom stereocenters. The number of primary amides is 1. The molecule has 0 aliphatic carbocycles. The average Bonchev–Trinajstić information content (AvgIpc) is 2.90. The molecule has 1 aromatic carbocycles. The monoisotopic (exact) mass is 253 g/mol. The minimum Gasteiger partial charge on any atom is -0.385 e. The Balaban J connectivity index is 2.29. The molecule has 6 heteroatoms. The molecule has 1 heterocycles. The maximum Gasteiger partial charge on any atom is 0.249 e. The number of hydrogen-bond donors (Lipinski definition) is 3. The third kappa shape index (κ3) is 2.51. The molecule has 1 amide bonds. The Hall–Kier alpha value is -1.47. The Kier molecular flexibility index (Phi) is 3.93. The van der Waals surface area contributed by atoms with Crippen LogP contribution in [-0.2, 0) is 14.3 Å². The van der Waals surface area contributed by atoms with Crippen LogP contribution in [0.2, 0.25) is 0 Å². The summed E-state index contributed by atoms with van der Waals surface area (Å²) in [7, 11) is 0. The van der Waals surface area contributed by atoms with Crippen LogP contribution in [0.5, 0.6) is 0 Å². The summed E-state index contributed by atoms with van der Waals surface area (Å²) < 4.78 is 10.7. The molecule has 0 saturated carbocycles. The lowest BCUT2D eigenvalue weighted by atomic mass is 9.98. The van der Waals surface area contributed by atoms with Crippen LogP contribution < -0.4 is 5.73 Å². The fourth-order valence-corrected chi connectivity index (χ4v) is 1.86. The van der Waals surface area contributed by atoms with E-state index < -0.39 is 24.4 Å². The first-order chi connectivity index (χ1) is 8.61. The average molecular weight is 253 g/mol. The number of carbonyl (C=O) groups is 1. The highest BCUT2D eigenvalue weighted by Gasteiger charge is 2.29. The Bertz CT molecular complexity index is 430. The van der Waals surface area contributed by atoms with E-state index in [2.05, 4.69) is 0 Å². The molecule has 2 atom stereocenters. The van der Waals surface area contributed by atoms with Crippen molar-refractivity contribution < 1.29 is 24.5 Å². The number of nitrogens with two attached hydrogens (primary N) is 1. The molecule has 2 rings (SSSR count). The van der Waals surface area contributed by atoms with Gasteiger partial charge in [0.1, 0.15) is 6.10 Å². The van der Waals surface area contributed by atoms with Gasteiger partial charge in [-0.25, -0.2) is 0 Å². The van der Waals surface area contributed by atoms with Crippen molar-refractivity contribution in [2.45, 2.75) is 18.5 Å². The highest BCUT2D eigenvalue weighted by atomic mass is 16.7. The van der Waals surface area contributed by atoms with Crippen LogP contribution in [0, 0.1) is 0 Å². The van der Waals surface area contributed by atoms with E-state index in [1.165, 1.54) is 0 Å². The van der Waals surface area contributed by atoms with Crippen LogP contribution in [0.4, 0.5) is 0 Å². The topological polar surface area (TPSA) is 102 Å². The van der Waals surface area contributed by atoms with Crippen LogP contribution in [0.25, 0.3) is 0 Å². The van der Waals surface area contributed by atoms with E-state index >= 15 is 0 Å². The highest BCUT2D eigenvalue weighted by molar-refractivity contribution is 5.79. The van der Waals surface area contributed by atoms with E-state index in [4.69, 9.17) is 15.2 Å². The third-order valence-electron chi connectivity index (χ3n) is 2.78. The summed E-state index contributed by atoms with van der Waals surface area (Å²) in [6.07, 6.45) is -3.64. The normalized spacial score (nSPS) is 19.7. The van der Waals surface area contributed by atoms with E-state index in [0.29, 0.717) is 24.3 Å². The zero-order valence-corrected chi connectivity index (χ0v) is 9.65. The fraction of sp³-hybridized carbons (Fsp3) is 0.417. The molecule has 0 aromatic heterocycles. The third-order valence-corrected chi connectivity index (χ3v) is 2.78. The molecule has 0 spiro atoms. The standard InChI is InChI=1S/C12H15NO5/c13-11(16)10(15)9(14)7-3-1-2-4-8(7)12-17-5-6-18-12/h1-4,9-10,12,14-15H,5-6H2,(H2,13,16). The van der Waals surface area contributed by atoms with Gasteiger partial charge in [-0.1, -0.05) is 24.3 Å². The number of ether oxygens (including phenoxy) is 2. The van der Waals surface area contributed by atoms with Gasteiger partial charge >= 0.3 is 0 Å². The summed E-state index contributed by atoms with van der Waals surface area (Å²) in [4.78, 5) is 10.9. The predicted molar refractivity (Wildman–Crippen MR) is 61.2 cm³/mol. The van der Waals surface area contributed by atoms with Gasteiger partial charge in [0.25, 0.3) is 0 Å². The van der Waals surface area contributed by atoms with Crippen molar-refractivity contribution >= 4 is 5.91 Å². The largest absolute Gasteiger partial charge is 0.385 e. The Morgan fingerprint density at radius 2 is 1.89 bits per heavy atom. The van der Waals surface area contributed by atoms with Gasteiger partial charge in [0.15, 0.2) is 12.4 Å². The van der Waals surface area contributed by atoms with Gasteiger partial charge in [-0.3, -0.25) is 4.79 Å². The summed E-state index contributed by atoms with van der Waals surface area (Å²) in [5.74, 6) is -0.981. The van der Waals surface area contributed by atoms with E-state index in [1.807, 2.05) is 0 Å². The Morgan fingerprint density at radius 3 is 2.50 bits per heavy atom. The van der Waals surface area contributed by atoms with Crippen molar-refractivity contribution in [2.75, 3.05) is 13.2 Å². The molecule has 0 bridgehead atoms. The zero-order valence-electron chi connectivity index (χ0n) is 9.65. The van der Waals surface area contributed by atoms with E-state index in [9.17, 15) is 15.0 Å². The van der Waals surface area contributed by atoms with Crippen molar-refractivity contribution in [2.24, 2.45) is 5.73 Å². The summed E-state index contributed by atoms with van der Waals surface area (Å²) in [5.41, 5.74) is 5.92.